The molecule has 0 aliphatic heterocycles. The Hall–Kier alpha value is -2.26. The fourth-order valence-electron chi connectivity index (χ4n) is 1.18. The minimum Gasteiger partial charge on any atom is -0.338 e. The van der Waals surface area contributed by atoms with Crippen LogP contribution in [0.25, 0.3) is 11.5 Å². The Morgan fingerprint density at radius 2 is 2.22 bits per heavy atom. The van der Waals surface area contributed by atoms with Gasteiger partial charge in [0, 0.05) is 0 Å². The van der Waals surface area contributed by atoms with Crippen LogP contribution < -0.4 is 0 Å². The molecule has 10 heteroatoms. The molecule has 2 aromatic rings. The molecule has 96 valence electrons. The normalized spacial score (nSPS) is 13.6. The summed E-state index contributed by atoms with van der Waals surface area (Å²) >= 11 is 0. The molecule has 0 aromatic carbocycles. The second-order valence-corrected chi connectivity index (χ2v) is 3.40. The van der Waals surface area contributed by atoms with Crippen LogP contribution in [0.4, 0.5) is 13.2 Å². The van der Waals surface area contributed by atoms with Crippen molar-refractivity contribution in [3.63, 3.8) is 0 Å². The van der Waals surface area contributed by atoms with Gasteiger partial charge in [-0.05, 0) is 6.92 Å². The van der Waals surface area contributed by atoms with Gasteiger partial charge in [-0.1, -0.05) is 5.16 Å². The van der Waals surface area contributed by atoms with E-state index in [2.05, 4.69) is 30.1 Å². The molecule has 0 aliphatic carbocycles. The van der Waals surface area contributed by atoms with Crippen molar-refractivity contribution in [2.45, 2.75) is 19.0 Å². The van der Waals surface area contributed by atoms with Crippen molar-refractivity contribution in [2.24, 2.45) is 0 Å². The largest absolute Gasteiger partial charge is 0.450 e. The summed E-state index contributed by atoms with van der Waals surface area (Å²) in [6.07, 6.45) is -3.67. The molecule has 0 saturated heterocycles. The van der Waals surface area contributed by atoms with Crippen LogP contribution in [-0.4, -0.2) is 37.5 Å². The third-order valence-corrected chi connectivity index (χ3v) is 2.13. The van der Waals surface area contributed by atoms with Crippen LogP contribution in [0, 0.1) is 0 Å². The third kappa shape index (κ3) is 2.21. The van der Waals surface area contributed by atoms with E-state index < -0.39 is 23.8 Å². The Balaban J connectivity index is 2.23. The van der Waals surface area contributed by atoms with E-state index in [0.717, 1.165) is 6.92 Å². The lowest BCUT2D eigenvalue weighted by Crippen LogP contribution is -2.27. The van der Waals surface area contributed by atoms with Gasteiger partial charge in [-0.2, -0.15) is 33.6 Å². The number of hydrogen-bond donors (Lipinski definition) is 1. The zero-order chi connectivity index (χ0) is 13.3. The van der Waals surface area contributed by atoms with Gasteiger partial charge in [0.05, 0.1) is 6.20 Å². The molecule has 7 nitrogen and oxygen atoms in total. The summed E-state index contributed by atoms with van der Waals surface area (Å²) in [7, 11) is 0. The van der Waals surface area contributed by atoms with Gasteiger partial charge in [-0.15, -0.1) is 0 Å². The highest BCUT2D eigenvalue weighted by molar-refractivity contribution is 5.89. The molecular weight excluding hydrogens is 255 g/mol. The first-order valence-corrected chi connectivity index (χ1v) is 4.70. The zero-order valence-corrected chi connectivity index (χ0v) is 8.89. The number of rotatable bonds is 3. The first-order valence-electron chi connectivity index (χ1n) is 4.70. The predicted octanol–water partition coefficient (Wildman–Crippen LogP) is 1.09. The summed E-state index contributed by atoms with van der Waals surface area (Å²) < 4.78 is 41.2. The number of carbonyl (C=O) groups is 1. The Labute approximate surface area is 97.4 Å². The van der Waals surface area contributed by atoms with E-state index in [9.17, 15) is 18.0 Å². The molecule has 0 amide bonds. The van der Waals surface area contributed by atoms with Crippen molar-refractivity contribution in [2.75, 3.05) is 0 Å². The number of carbonyl (C=O) groups excluding carboxylic acids is 1. The number of Topliss-reactive ketones (excluding diaryl/α,β-unsaturated/α-hetero) is 1. The molecule has 2 heterocycles. The molecule has 1 N–H and O–H groups in total. The van der Waals surface area contributed by atoms with Crippen molar-refractivity contribution in [1.29, 1.82) is 0 Å². The van der Waals surface area contributed by atoms with Crippen LogP contribution in [-0.2, 0) is 4.79 Å². The quantitative estimate of drug-likeness (QED) is 0.888. The second kappa shape index (κ2) is 4.20. The number of ketones is 1. The number of H-pyrrole nitrogens is 1. The Morgan fingerprint density at radius 1 is 1.50 bits per heavy atom. The average Bonchev–Trinajstić information content (AvgIpc) is 2.95. The average molecular weight is 261 g/mol. The molecule has 0 aliphatic rings. The molecular formula is C8H6F3N5O2. The van der Waals surface area contributed by atoms with Gasteiger partial charge in [0.2, 0.25) is 17.5 Å². The first-order chi connectivity index (χ1) is 8.39. The van der Waals surface area contributed by atoms with E-state index in [1.807, 2.05) is 0 Å². The molecule has 1 atom stereocenters. The number of nitrogens with one attached hydrogen (secondary N) is 1. The van der Waals surface area contributed by atoms with E-state index in [4.69, 9.17) is 0 Å². The molecule has 0 spiro atoms. The SMILES string of the molecule is CC(C(=O)C(F)(F)F)c1nc(-c2cn[nH]n2)no1. The highest BCUT2D eigenvalue weighted by Crippen LogP contribution is 2.27. The van der Waals surface area contributed by atoms with Crippen molar-refractivity contribution < 1.29 is 22.5 Å². The molecule has 0 saturated carbocycles. The lowest BCUT2D eigenvalue weighted by Gasteiger charge is -2.07. The van der Waals surface area contributed by atoms with Gasteiger partial charge < -0.3 is 4.52 Å². The van der Waals surface area contributed by atoms with Gasteiger partial charge in [-0.3, -0.25) is 4.79 Å². The minimum atomic E-state index is -4.94. The van der Waals surface area contributed by atoms with E-state index in [1.54, 1.807) is 0 Å². The summed E-state index contributed by atoms with van der Waals surface area (Å²) in [5.74, 6) is -3.97. The number of hydrogen-bond acceptors (Lipinski definition) is 6. The molecule has 0 radical (unpaired) electrons. The number of aromatic nitrogens is 5. The summed E-state index contributed by atoms with van der Waals surface area (Å²) in [6, 6.07) is 0. The molecule has 0 bridgehead atoms. The van der Waals surface area contributed by atoms with Gasteiger partial charge in [0.1, 0.15) is 5.92 Å². The number of nitrogens with zero attached hydrogens (tertiary/aromatic N) is 4. The van der Waals surface area contributed by atoms with E-state index in [0.29, 0.717) is 0 Å². The van der Waals surface area contributed by atoms with Crippen LogP contribution in [0.1, 0.15) is 18.7 Å². The van der Waals surface area contributed by atoms with Crippen LogP contribution in [0.15, 0.2) is 10.7 Å². The molecule has 0 fully saturated rings. The molecule has 1 unspecified atom stereocenters. The Morgan fingerprint density at radius 3 is 2.78 bits per heavy atom. The molecule has 2 aromatic heterocycles. The summed E-state index contributed by atoms with van der Waals surface area (Å²) in [6.45, 7) is 1.04. The maximum Gasteiger partial charge on any atom is 0.450 e. The summed E-state index contributed by atoms with van der Waals surface area (Å²) in [4.78, 5) is 14.6. The fraction of sp³-hybridized carbons (Fsp3) is 0.375. The maximum absolute atomic E-state index is 12.2. The lowest BCUT2D eigenvalue weighted by atomic mass is 10.1. The predicted molar refractivity (Wildman–Crippen MR) is 49.2 cm³/mol. The third-order valence-electron chi connectivity index (χ3n) is 2.13. The monoisotopic (exact) mass is 261 g/mol. The van der Waals surface area contributed by atoms with Crippen molar-refractivity contribution in [3.05, 3.63) is 12.1 Å². The van der Waals surface area contributed by atoms with E-state index in [-0.39, 0.29) is 11.5 Å². The summed E-state index contributed by atoms with van der Waals surface area (Å²) in [5.41, 5.74) is 0.205. The van der Waals surface area contributed by atoms with Crippen LogP contribution in [0.2, 0.25) is 0 Å². The lowest BCUT2D eigenvalue weighted by molar-refractivity contribution is -0.172. The Kier molecular flexibility index (Phi) is 2.85. The van der Waals surface area contributed by atoms with E-state index in [1.165, 1.54) is 6.20 Å². The number of alkyl halides is 3. The number of halogens is 3. The minimum absolute atomic E-state index is 0.0411. The number of aromatic amines is 1. The van der Waals surface area contributed by atoms with Crippen molar-refractivity contribution in [3.8, 4) is 11.5 Å². The van der Waals surface area contributed by atoms with Crippen LogP contribution in [0.5, 0.6) is 0 Å². The molecule has 2 rings (SSSR count). The standard InChI is InChI=1S/C8H6F3N5O2/c1-3(5(17)8(9,10)11)7-13-6(15-18-7)4-2-12-16-14-4/h2-3H,1H3,(H,12,14,16). The van der Waals surface area contributed by atoms with Gasteiger partial charge in [0.25, 0.3) is 0 Å². The first kappa shape index (κ1) is 12.2. The van der Waals surface area contributed by atoms with Gasteiger partial charge in [-0.25, -0.2) is 0 Å². The summed E-state index contributed by atoms with van der Waals surface area (Å²) in [5, 5.41) is 12.8. The van der Waals surface area contributed by atoms with Crippen LogP contribution in [0.3, 0.4) is 0 Å². The van der Waals surface area contributed by atoms with Crippen molar-refractivity contribution in [1.82, 2.24) is 25.6 Å². The topological polar surface area (TPSA) is 97.6 Å². The fourth-order valence-corrected chi connectivity index (χ4v) is 1.18. The second-order valence-electron chi connectivity index (χ2n) is 3.40. The molecule has 18 heavy (non-hydrogen) atoms. The van der Waals surface area contributed by atoms with Crippen molar-refractivity contribution >= 4 is 5.78 Å². The van der Waals surface area contributed by atoms with E-state index >= 15 is 0 Å². The smallest absolute Gasteiger partial charge is 0.338 e. The highest BCUT2D eigenvalue weighted by Gasteiger charge is 2.44. The zero-order valence-electron chi connectivity index (χ0n) is 8.89. The van der Waals surface area contributed by atoms with Crippen LogP contribution >= 0.6 is 0 Å². The van der Waals surface area contributed by atoms with Gasteiger partial charge >= 0.3 is 6.18 Å². The Bertz CT molecular complexity index is 547. The van der Waals surface area contributed by atoms with Gasteiger partial charge in [0.15, 0.2) is 5.69 Å². The highest BCUT2D eigenvalue weighted by atomic mass is 19.4. The maximum atomic E-state index is 12.2.